The van der Waals surface area contributed by atoms with Crippen molar-refractivity contribution in [3.05, 3.63) is 58.7 Å². The van der Waals surface area contributed by atoms with E-state index >= 15 is 0 Å². The summed E-state index contributed by atoms with van der Waals surface area (Å²) >= 11 is 0. The van der Waals surface area contributed by atoms with Crippen LogP contribution in [0.1, 0.15) is 39.0 Å². The first-order valence-electron chi connectivity index (χ1n) is 10.00. The third kappa shape index (κ3) is 3.37. The summed E-state index contributed by atoms with van der Waals surface area (Å²) < 4.78 is 14.8. The number of methoxy groups -OCH3 is 1. The molecule has 1 saturated heterocycles. The number of nitrogens with zero attached hydrogens (tertiary/aromatic N) is 5. The van der Waals surface area contributed by atoms with Crippen LogP contribution in [0.4, 0.5) is 0 Å². The van der Waals surface area contributed by atoms with Gasteiger partial charge in [-0.15, -0.1) is 0 Å². The summed E-state index contributed by atoms with van der Waals surface area (Å²) in [7, 11) is 3.49. The Balaban J connectivity index is 1.73. The molecule has 1 fully saturated rings. The molecule has 4 rings (SSSR count). The van der Waals surface area contributed by atoms with Gasteiger partial charge in [0.15, 0.2) is 0 Å². The molecule has 0 bridgehead atoms. The average molecular weight is 409 g/mol. The molecule has 1 unspecified atom stereocenters. The molecule has 0 aliphatic carbocycles. The molecule has 1 atom stereocenters. The summed E-state index contributed by atoms with van der Waals surface area (Å²) in [6.45, 7) is 7.40. The highest BCUT2D eigenvalue weighted by molar-refractivity contribution is 5.95. The van der Waals surface area contributed by atoms with Crippen molar-refractivity contribution in [3.8, 4) is 11.4 Å². The third-order valence-corrected chi connectivity index (χ3v) is 5.83. The molecule has 0 spiro atoms. The van der Waals surface area contributed by atoms with Gasteiger partial charge in [0.2, 0.25) is 0 Å². The van der Waals surface area contributed by atoms with E-state index in [0.717, 1.165) is 34.1 Å². The number of aromatic nitrogens is 4. The Morgan fingerprint density at radius 2 is 2.03 bits per heavy atom. The minimum Gasteiger partial charge on any atom is -0.497 e. The lowest BCUT2D eigenvalue weighted by Gasteiger charge is -2.36. The molecule has 0 N–H and O–H groups in total. The summed E-state index contributed by atoms with van der Waals surface area (Å²) in [4.78, 5) is 15.3. The molecule has 3 heterocycles. The van der Waals surface area contributed by atoms with Gasteiger partial charge in [0.25, 0.3) is 5.91 Å². The molecule has 1 amide bonds. The predicted octanol–water partition coefficient (Wildman–Crippen LogP) is 2.75. The molecular formula is C22H27N5O3. The van der Waals surface area contributed by atoms with Crippen molar-refractivity contribution >= 4 is 5.91 Å². The number of carbonyl (C=O) groups is 1. The predicted molar refractivity (Wildman–Crippen MR) is 112 cm³/mol. The highest BCUT2D eigenvalue weighted by Gasteiger charge is 2.34. The van der Waals surface area contributed by atoms with Gasteiger partial charge in [-0.3, -0.25) is 9.48 Å². The van der Waals surface area contributed by atoms with Crippen molar-refractivity contribution in [2.45, 2.75) is 26.8 Å². The van der Waals surface area contributed by atoms with E-state index in [0.29, 0.717) is 25.3 Å². The highest BCUT2D eigenvalue weighted by atomic mass is 16.5. The smallest absolute Gasteiger partial charge is 0.257 e. The number of aryl methyl sites for hydroxylation is 2. The molecular weight excluding hydrogens is 382 g/mol. The largest absolute Gasteiger partial charge is 0.497 e. The van der Waals surface area contributed by atoms with Crippen molar-refractivity contribution in [3.63, 3.8) is 0 Å². The normalized spacial score (nSPS) is 16.7. The Hall–Kier alpha value is -3.13. The topological polar surface area (TPSA) is 74.4 Å². The van der Waals surface area contributed by atoms with E-state index in [1.807, 2.05) is 61.7 Å². The zero-order chi connectivity index (χ0) is 21.4. The molecule has 0 saturated carbocycles. The highest BCUT2D eigenvalue weighted by Crippen LogP contribution is 2.32. The molecule has 8 nitrogen and oxygen atoms in total. The Kier molecular flexibility index (Phi) is 5.34. The van der Waals surface area contributed by atoms with E-state index in [1.165, 1.54) is 0 Å². The van der Waals surface area contributed by atoms with Crippen molar-refractivity contribution < 1.29 is 14.3 Å². The Morgan fingerprint density at radius 1 is 1.23 bits per heavy atom. The zero-order valence-corrected chi connectivity index (χ0v) is 18.0. The standard InChI is InChI=1S/C22H27N5O3/c1-14-21(16(3)27(24-14)17-7-6-8-18(11-17)29-5)20-13-30-10-9-26(20)22(28)19-12-23-25(4)15(19)2/h6-8,11-12,20H,9-10,13H2,1-5H3. The Morgan fingerprint density at radius 3 is 2.73 bits per heavy atom. The number of morpholine rings is 1. The maximum absolute atomic E-state index is 13.4. The summed E-state index contributed by atoms with van der Waals surface area (Å²) in [6.07, 6.45) is 1.64. The minimum atomic E-state index is -0.204. The number of hydrogen-bond donors (Lipinski definition) is 0. The first-order chi connectivity index (χ1) is 14.4. The van der Waals surface area contributed by atoms with Crippen LogP contribution in [0.25, 0.3) is 5.69 Å². The molecule has 30 heavy (non-hydrogen) atoms. The molecule has 8 heteroatoms. The van der Waals surface area contributed by atoms with E-state index in [-0.39, 0.29) is 11.9 Å². The lowest BCUT2D eigenvalue weighted by Crippen LogP contribution is -2.44. The van der Waals surface area contributed by atoms with Gasteiger partial charge >= 0.3 is 0 Å². The number of carbonyl (C=O) groups excluding carboxylic acids is 1. The van der Waals surface area contributed by atoms with Gasteiger partial charge in [-0.2, -0.15) is 10.2 Å². The number of rotatable bonds is 4. The van der Waals surface area contributed by atoms with Gasteiger partial charge in [0.1, 0.15) is 5.75 Å². The van der Waals surface area contributed by atoms with Crippen LogP contribution in [0.15, 0.2) is 30.5 Å². The van der Waals surface area contributed by atoms with Crippen LogP contribution in [0, 0.1) is 20.8 Å². The Labute approximate surface area is 176 Å². The van der Waals surface area contributed by atoms with E-state index in [4.69, 9.17) is 14.6 Å². The van der Waals surface area contributed by atoms with Crippen molar-refractivity contribution in [1.29, 1.82) is 0 Å². The zero-order valence-electron chi connectivity index (χ0n) is 18.0. The van der Waals surface area contributed by atoms with E-state index < -0.39 is 0 Å². The van der Waals surface area contributed by atoms with Crippen LogP contribution in [0.5, 0.6) is 5.75 Å². The second kappa shape index (κ2) is 7.95. The number of hydrogen-bond acceptors (Lipinski definition) is 5. The summed E-state index contributed by atoms with van der Waals surface area (Å²) in [6, 6.07) is 7.58. The monoisotopic (exact) mass is 409 g/mol. The summed E-state index contributed by atoms with van der Waals surface area (Å²) in [5, 5.41) is 9.00. The minimum absolute atomic E-state index is 0.0261. The number of benzene rings is 1. The van der Waals surface area contributed by atoms with Gasteiger partial charge in [0.05, 0.1) is 49.5 Å². The van der Waals surface area contributed by atoms with Crippen LogP contribution in [0.2, 0.25) is 0 Å². The van der Waals surface area contributed by atoms with Crippen LogP contribution < -0.4 is 4.74 Å². The fourth-order valence-corrected chi connectivity index (χ4v) is 4.08. The second-order valence-electron chi connectivity index (χ2n) is 7.55. The third-order valence-electron chi connectivity index (χ3n) is 5.83. The van der Waals surface area contributed by atoms with Crippen LogP contribution in [-0.2, 0) is 11.8 Å². The quantitative estimate of drug-likeness (QED) is 0.662. The SMILES string of the molecule is COc1cccc(-n2nc(C)c(C3COCCN3C(=O)c3cnn(C)c3C)c2C)c1. The van der Waals surface area contributed by atoms with Crippen molar-refractivity contribution in [2.24, 2.45) is 7.05 Å². The van der Waals surface area contributed by atoms with E-state index in [2.05, 4.69) is 5.10 Å². The molecule has 1 aromatic carbocycles. The number of ether oxygens (including phenoxy) is 2. The van der Waals surface area contributed by atoms with Crippen molar-refractivity contribution in [2.75, 3.05) is 26.9 Å². The maximum Gasteiger partial charge on any atom is 0.257 e. The Bertz CT molecular complexity index is 1080. The summed E-state index contributed by atoms with van der Waals surface area (Å²) in [5.41, 5.74) is 5.28. The number of amides is 1. The van der Waals surface area contributed by atoms with Crippen LogP contribution >= 0.6 is 0 Å². The van der Waals surface area contributed by atoms with Crippen LogP contribution in [-0.4, -0.2) is 57.2 Å². The average Bonchev–Trinajstić information content (AvgIpc) is 3.25. The van der Waals surface area contributed by atoms with Crippen molar-refractivity contribution in [1.82, 2.24) is 24.5 Å². The molecule has 1 aliphatic heterocycles. The summed E-state index contributed by atoms with van der Waals surface area (Å²) in [5.74, 6) is 0.744. The lowest BCUT2D eigenvalue weighted by molar-refractivity contribution is -0.00308. The first-order valence-corrected chi connectivity index (χ1v) is 10.00. The van der Waals surface area contributed by atoms with Crippen LogP contribution in [0.3, 0.4) is 0 Å². The fourth-order valence-electron chi connectivity index (χ4n) is 4.08. The molecule has 0 radical (unpaired) electrons. The van der Waals surface area contributed by atoms with Gasteiger partial charge in [-0.05, 0) is 32.9 Å². The van der Waals surface area contributed by atoms with Gasteiger partial charge in [0, 0.05) is 36.6 Å². The lowest BCUT2D eigenvalue weighted by atomic mass is 10.0. The maximum atomic E-state index is 13.4. The van der Waals surface area contributed by atoms with Gasteiger partial charge in [-0.25, -0.2) is 4.68 Å². The van der Waals surface area contributed by atoms with E-state index in [9.17, 15) is 4.79 Å². The molecule has 3 aromatic rings. The van der Waals surface area contributed by atoms with Gasteiger partial charge in [-0.1, -0.05) is 6.07 Å². The van der Waals surface area contributed by atoms with E-state index in [1.54, 1.807) is 18.0 Å². The first kappa shape index (κ1) is 20.2. The fraction of sp³-hybridized carbons (Fsp3) is 0.409. The molecule has 1 aliphatic rings. The second-order valence-corrected chi connectivity index (χ2v) is 7.55. The van der Waals surface area contributed by atoms with Gasteiger partial charge < -0.3 is 14.4 Å². The molecule has 2 aromatic heterocycles. The molecule has 158 valence electrons.